The molecule has 122 valence electrons. The first-order valence-corrected chi connectivity index (χ1v) is 7.76. The van der Waals surface area contributed by atoms with E-state index >= 15 is 0 Å². The Morgan fingerprint density at radius 3 is 2.62 bits per heavy atom. The Balaban J connectivity index is 2.20. The number of nitro benzene ring substituents is 1. The molecule has 0 aliphatic heterocycles. The van der Waals surface area contributed by atoms with Crippen LogP contribution in [0.1, 0.15) is 11.6 Å². The summed E-state index contributed by atoms with van der Waals surface area (Å²) < 4.78 is 7.22. The zero-order chi connectivity index (χ0) is 17.3. The maximum Gasteiger partial charge on any atom is 0.335 e. The normalized spacial score (nSPS) is 12.1. The summed E-state index contributed by atoms with van der Waals surface area (Å²) in [7, 11) is 1.29. The van der Waals surface area contributed by atoms with Gasteiger partial charge in [-0.2, -0.15) is 5.10 Å². The lowest BCUT2D eigenvalue weighted by atomic mass is 10.1. The van der Waals surface area contributed by atoms with Crippen LogP contribution in [0.2, 0.25) is 0 Å². The highest BCUT2D eigenvalue weighted by molar-refractivity contribution is 9.10. The smallest absolute Gasteiger partial charge is 0.335 e. The highest BCUT2D eigenvalue weighted by Crippen LogP contribution is 2.30. The molecule has 8 heteroatoms. The van der Waals surface area contributed by atoms with E-state index in [4.69, 9.17) is 4.74 Å². The number of rotatable bonds is 4. The first kappa shape index (κ1) is 16.1. The number of halogens is 1. The molecule has 0 aliphatic rings. The lowest BCUT2D eigenvalue weighted by molar-refractivity contribution is -0.383. The van der Waals surface area contributed by atoms with Crippen molar-refractivity contribution >= 4 is 38.5 Å². The SMILES string of the molecule is COC(=O)C(c1ccc(Br)cc1)n1ncc2c([N+](=O)[O-])cccc21. The van der Waals surface area contributed by atoms with Gasteiger partial charge in [0.1, 0.15) is 0 Å². The summed E-state index contributed by atoms with van der Waals surface area (Å²) in [5.41, 5.74) is 1.10. The minimum atomic E-state index is -0.831. The second-order valence-electron chi connectivity index (χ2n) is 5.03. The monoisotopic (exact) mass is 389 g/mol. The molecule has 3 aromatic rings. The van der Waals surface area contributed by atoms with Crippen molar-refractivity contribution in [1.82, 2.24) is 9.78 Å². The summed E-state index contributed by atoms with van der Waals surface area (Å²) in [6.45, 7) is 0. The Labute approximate surface area is 145 Å². The Morgan fingerprint density at radius 2 is 2.00 bits per heavy atom. The summed E-state index contributed by atoms with van der Waals surface area (Å²) in [6.07, 6.45) is 1.39. The lowest BCUT2D eigenvalue weighted by Crippen LogP contribution is -2.23. The number of fused-ring (bicyclic) bond motifs is 1. The Bertz CT molecular complexity index is 921. The number of benzene rings is 2. The molecule has 0 aliphatic carbocycles. The van der Waals surface area contributed by atoms with Crippen molar-refractivity contribution in [2.75, 3.05) is 7.11 Å². The fourth-order valence-electron chi connectivity index (χ4n) is 2.55. The molecular formula is C16H12BrN3O4. The van der Waals surface area contributed by atoms with E-state index in [1.807, 2.05) is 0 Å². The highest BCUT2D eigenvalue weighted by Gasteiger charge is 2.27. The number of esters is 1. The number of carbonyl (C=O) groups excluding carboxylic acids is 1. The number of ether oxygens (including phenoxy) is 1. The summed E-state index contributed by atoms with van der Waals surface area (Å²) >= 11 is 3.35. The van der Waals surface area contributed by atoms with Crippen LogP contribution in [0.4, 0.5) is 5.69 Å². The van der Waals surface area contributed by atoms with Gasteiger partial charge < -0.3 is 4.74 Å². The van der Waals surface area contributed by atoms with Crippen LogP contribution in [-0.4, -0.2) is 27.8 Å². The van der Waals surface area contributed by atoms with Gasteiger partial charge in [0.05, 0.1) is 29.1 Å². The van der Waals surface area contributed by atoms with Crippen LogP contribution in [0.5, 0.6) is 0 Å². The number of hydrogen-bond donors (Lipinski definition) is 0. The molecule has 0 N–H and O–H groups in total. The number of nitrogens with zero attached hydrogens (tertiary/aromatic N) is 3. The Kier molecular flexibility index (Phi) is 4.30. The molecule has 7 nitrogen and oxygen atoms in total. The largest absolute Gasteiger partial charge is 0.467 e. The number of nitro groups is 1. The van der Waals surface area contributed by atoms with E-state index in [-0.39, 0.29) is 5.69 Å². The number of hydrogen-bond acceptors (Lipinski definition) is 5. The molecule has 0 spiro atoms. The standard InChI is InChI=1S/C16H12BrN3O4/c1-24-16(21)15(10-5-7-11(17)8-6-10)19-13-3-2-4-14(20(22)23)12(13)9-18-19/h2-9,15H,1H3. The number of methoxy groups -OCH3 is 1. The van der Waals surface area contributed by atoms with Crippen LogP contribution in [-0.2, 0) is 9.53 Å². The first-order chi connectivity index (χ1) is 11.5. The summed E-state index contributed by atoms with van der Waals surface area (Å²) in [6, 6.07) is 11.0. The van der Waals surface area contributed by atoms with Crippen LogP contribution in [0.15, 0.2) is 53.1 Å². The van der Waals surface area contributed by atoms with Crippen LogP contribution in [0, 0.1) is 10.1 Å². The Morgan fingerprint density at radius 1 is 1.29 bits per heavy atom. The molecule has 0 radical (unpaired) electrons. The van der Waals surface area contributed by atoms with Gasteiger partial charge in [0.25, 0.3) is 5.69 Å². The van der Waals surface area contributed by atoms with E-state index in [1.54, 1.807) is 36.4 Å². The van der Waals surface area contributed by atoms with E-state index in [0.29, 0.717) is 16.5 Å². The number of carbonyl (C=O) groups is 1. The fraction of sp³-hybridized carbons (Fsp3) is 0.125. The molecule has 3 rings (SSSR count). The van der Waals surface area contributed by atoms with Gasteiger partial charge in [0.15, 0.2) is 6.04 Å². The van der Waals surface area contributed by atoms with Crippen molar-refractivity contribution in [1.29, 1.82) is 0 Å². The summed E-state index contributed by atoms with van der Waals surface area (Å²) in [5.74, 6) is -0.506. The maximum atomic E-state index is 12.3. The van der Waals surface area contributed by atoms with Crippen molar-refractivity contribution in [3.63, 3.8) is 0 Å². The third kappa shape index (κ3) is 2.76. The minimum absolute atomic E-state index is 0.0572. The van der Waals surface area contributed by atoms with Gasteiger partial charge in [-0.25, -0.2) is 9.48 Å². The van der Waals surface area contributed by atoms with Crippen molar-refractivity contribution in [3.05, 3.63) is 68.8 Å². The maximum absolute atomic E-state index is 12.3. The quantitative estimate of drug-likeness (QED) is 0.387. The third-order valence-electron chi connectivity index (χ3n) is 3.67. The van der Waals surface area contributed by atoms with Crippen molar-refractivity contribution in [3.8, 4) is 0 Å². The molecule has 2 aromatic carbocycles. The van der Waals surface area contributed by atoms with Gasteiger partial charge >= 0.3 is 5.97 Å². The zero-order valence-corrected chi connectivity index (χ0v) is 14.1. The second kappa shape index (κ2) is 6.40. The van der Waals surface area contributed by atoms with E-state index in [1.165, 1.54) is 24.1 Å². The van der Waals surface area contributed by atoms with E-state index < -0.39 is 16.9 Å². The van der Waals surface area contributed by atoms with Crippen molar-refractivity contribution in [2.45, 2.75) is 6.04 Å². The van der Waals surface area contributed by atoms with Crippen molar-refractivity contribution in [2.24, 2.45) is 0 Å². The second-order valence-corrected chi connectivity index (χ2v) is 5.95. The summed E-state index contributed by atoms with van der Waals surface area (Å²) in [5, 5.41) is 15.7. The molecule has 0 amide bonds. The molecule has 0 bridgehead atoms. The van der Waals surface area contributed by atoms with Gasteiger partial charge in [-0.15, -0.1) is 0 Å². The molecule has 0 fully saturated rings. The van der Waals surface area contributed by atoms with Crippen LogP contribution < -0.4 is 0 Å². The van der Waals surface area contributed by atoms with Crippen LogP contribution in [0.3, 0.4) is 0 Å². The number of aromatic nitrogens is 2. The number of non-ortho nitro benzene ring substituents is 1. The average molecular weight is 390 g/mol. The van der Waals surface area contributed by atoms with Gasteiger partial charge in [-0.05, 0) is 23.8 Å². The molecule has 0 saturated carbocycles. The molecule has 1 aromatic heterocycles. The molecule has 1 unspecified atom stereocenters. The zero-order valence-electron chi connectivity index (χ0n) is 12.5. The van der Waals surface area contributed by atoms with Gasteiger partial charge in [-0.1, -0.05) is 34.1 Å². The fourth-order valence-corrected chi connectivity index (χ4v) is 2.82. The Hall–Kier alpha value is -2.74. The van der Waals surface area contributed by atoms with E-state index in [0.717, 1.165) is 4.47 Å². The molecule has 0 saturated heterocycles. The predicted molar refractivity (Wildman–Crippen MR) is 90.7 cm³/mol. The summed E-state index contributed by atoms with van der Waals surface area (Å²) in [4.78, 5) is 23.0. The van der Waals surface area contributed by atoms with Crippen LogP contribution in [0.25, 0.3) is 10.9 Å². The van der Waals surface area contributed by atoms with Gasteiger partial charge in [-0.3, -0.25) is 10.1 Å². The molecular weight excluding hydrogens is 378 g/mol. The van der Waals surface area contributed by atoms with Crippen LogP contribution >= 0.6 is 15.9 Å². The molecule has 1 atom stereocenters. The van der Waals surface area contributed by atoms with E-state index in [2.05, 4.69) is 21.0 Å². The first-order valence-electron chi connectivity index (χ1n) is 6.97. The highest BCUT2D eigenvalue weighted by atomic mass is 79.9. The van der Waals surface area contributed by atoms with Gasteiger partial charge in [0.2, 0.25) is 0 Å². The van der Waals surface area contributed by atoms with Crippen molar-refractivity contribution < 1.29 is 14.5 Å². The lowest BCUT2D eigenvalue weighted by Gasteiger charge is -2.17. The van der Waals surface area contributed by atoms with Gasteiger partial charge in [0, 0.05) is 10.5 Å². The minimum Gasteiger partial charge on any atom is -0.467 e. The topological polar surface area (TPSA) is 87.3 Å². The predicted octanol–water partition coefficient (Wildman–Crippen LogP) is 3.47. The third-order valence-corrected chi connectivity index (χ3v) is 4.20. The van der Waals surface area contributed by atoms with E-state index in [9.17, 15) is 14.9 Å². The molecule has 24 heavy (non-hydrogen) atoms. The molecule has 1 heterocycles. The average Bonchev–Trinajstić information content (AvgIpc) is 3.00.